The molecular formula is C27H30N4O3. The third-order valence-corrected chi connectivity index (χ3v) is 5.03. The van der Waals surface area contributed by atoms with E-state index in [0.29, 0.717) is 42.0 Å². The van der Waals surface area contributed by atoms with Crippen LogP contribution in [-0.2, 0) is 16.0 Å². The molecule has 0 bridgehead atoms. The third-order valence-electron chi connectivity index (χ3n) is 5.03. The number of aryl methyl sites for hydroxylation is 1. The summed E-state index contributed by atoms with van der Waals surface area (Å²) in [6, 6.07) is 23.9. The monoisotopic (exact) mass is 458 g/mol. The molecule has 0 aliphatic rings. The zero-order valence-corrected chi connectivity index (χ0v) is 19.3. The Labute approximate surface area is 200 Å². The quantitative estimate of drug-likeness (QED) is 0.341. The SMILES string of the molecule is CCCNC(=O)c1cccc(NC(=O)CNc2cccc(NC(=O)CCc3ccccc3)c2)c1. The van der Waals surface area contributed by atoms with E-state index in [4.69, 9.17) is 0 Å². The molecule has 34 heavy (non-hydrogen) atoms. The Morgan fingerprint density at radius 1 is 0.735 bits per heavy atom. The van der Waals surface area contributed by atoms with Crippen LogP contribution in [0.3, 0.4) is 0 Å². The Morgan fingerprint density at radius 2 is 1.41 bits per heavy atom. The number of amides is 3. The van der Waals surface area contributed by atoms with E-state index in [9.17, 15) is 14.4 Å². The maximum atomic E-state index is 12.4. The summed E-state index contributed by atoms with van der Waals surface area (Å²) in [6.45, 7) is 2.63. The summed E-state index contributed by atoms with van der Waals surface area (Å²) < 4.78 is 0. The molecule has 3 rings (SSSR count). The van der Waals surface area contributed by atoms with Crippen molar-refractivity contribution >= 4 is 34.8 Å². The van der Waals surface area contributed by atoms with Gasteiger partial charge in [-0.25, -0.2) is 0 Å². The Morgan fingerprint density at radius 3 is 2.18 bits per heavy atom. The average Bonchev–Trinajstić information content (AvgIpc) is 2.86. The highest BCUT2D eigenvalue weighted by molar-refractivity contribution is 5.98. The number of benzene rings is 3. The van der Waals surface area contributed by atoms with Gasteiger partial charge in [-0.3, -0.25) is 14.4 Å². The highest BCUT2D eigenvalue weighted by atomic mass is 16.2. The van der Waals surface area contributed by atoms with Crippen molar-refractivity contribution in [1.82, 2.24) is 5.32 Å². The van der Waals surface area contributed by atoms with E-state index in [-0.39, 0.29) is 24.3 Å². The zero-order chi connectivity index (χ0) is 24.2. The van der Waals surface area contributed by atoms with Crippen LogP contribution in [0.2, 0.25) is 0 Å². The molecule has 0 atom stereocenters. The fourth-order valence-corrected chi connectivity index (χ4v) is 3.30. The maximum absolute atomic E-state index is 12.4. The summed E-state index contributed by atoms with van der Waals surface area (Å²) in [5.41, 5.74) is 3.54. The first-order valence-corrected chi connectivity index (χ1v) is 11.4. The van der Waals surface area contributed by atoms with Crippen LogP contribution in [0.25, 0.3) is 0 Å². The van der Waals surface area contributed by atoms with Gasteiger partial charge in [0.25, 0.3) is 5.91 Å². The van der Waals surface area contributed by atoms with Gasteiger partial charge in [0.05, 0.1) is 6.54 Å². The van der Waals surface area contributed by atoms with E-state index in [1.54, 1.807) is 36.4 Å². The fourth-order valence-electron chi connectivity index (χ4n) is 3.30. The smallest absolute Gasteiger partial charge is 0.251 e. The summed E-state index contributed by atoms with van der Waals surface area (Å²) in [7, 11) is 0. The van der Waals surface area contributed by atoms with Crippen LogP contribution in [0.1, 0.15) is 35.7 Å². The average molecular weight is 459 g/mol. The van der Waals surface area contributed by atoms with Crippen molar-refractivity contribution in [2.24, 2.45) is 0 Å². The van der Waals surface area contributed by atoms with Crippen LogP contribution >= 0.6 is 0 Å². The number of carbonyl (C=O) groups is 3. The molecule has 176 valence electrons. The van der Waals surface area contributed by atoms with Crippen molar-refractivity contribution in [2.45, 2.75) is 26.2 Å². The molecule has 0 aliphatic carbocycles. The minimum absolute atomic E-state index is 0.0394. The highest BCUT2D eigenvalue weighted by Crippen LogP contribution is 2.16. The van der Waals surface area contributed by atoms with Crippen molar-refractivity contribution in [1.29, 1.82) is 0 Å². The molecule has 3 aromatic rings. The lowest BCUT2D eigenvalue weighted by Crippen LogP contribution is -2.25. The van der Waals surface area contributed by atoms with Crippen LogP contribution < -0.4 is 21.3 Å². The molecule has 0 aliphatic heterocycles. The van der Waals surface area contributed by atoms with E-state index in [1.165, 1.54) is 0 Å². The van der Waals surface area contributed by atoms with Crippen molar-refractivity contribution in [3.63, 3.8) is 0 Å². The second kappa shape index (κ2) is 12.8. The molecule has 7 heteroatoms. The first-order valence-electron chi connectivity index (χ1n) is 11.4. The molecule has 0 unspecified atom stereocenters. The molecule has 4 N–H and O–H groups in total. The lowest BCUT2D eigenvalue weighted by molar-refractivity contribution is -0.116. The summed E-state index contributed by atoms with van der Waals surface area (Å²) in [5, 5.41) is 11.6. The standard InChI is InChI=1S/C27H30N4O3/c1-2-16-28-27(34)21-10-6-12-23(17-21)31-26(33)19-29-22-11-7-13-24(18-22)30-25(32)15-14-20-8-4-3-5-9-20/h3-13,17-18,29H,2,14-16,19H2,1H3,(H,28,34)(H,30,32)(H,31,33). The Bertz CT molecular complexity index is 1120. The number of hydrogen-bond acceptors (Lipinski definition) is 4. The van der Waals surface area contributed by atoms with E-state index < -0.39 is 0 Å². The second-order valence-electron chi connectivity index (χ2n) is 7.85. The van der Waals surface area contributed by atoms with Crippen LogP contribution in [0, 0.1) is 0 Å². The Hall–Kier alpha value is -4.13. The summed E-state index contributed by atoms with van der Waals surface area (Å²) in [6.07, 6.45) is 1.91. The summed E-state index contributed by atoms with van der Waals surface area (Å²) in [5.74, 6) is -0.483. The summed E-state index contributed by atoms with van der Waals surface area (Å²) >= 11 is 0. The van der Waals surface area contributed by atoms with Gasteiger partial charge >= 0.3 is 0 Å². The lowest BCUT2D eigenvalue weighted by atomic mass is 10.1. The molecule has 0 saturated carbocycles. The van der Waals surface area contributed by atoms with E-state index >= 15 is 0 Å². The van der Waals surface area contributed by atoms with Crippen molar-refractivity contribution in [3.05, 3.63) is 90.0 Å². The van der Waals surface area contributed by atoms with Crippen LogP contribution in [0.15, 0.2) is 78.9 Å². The van der Waals surface area contributed by atoms with Gasteiger partial charge in [0.1, 0.15) is 0 Å². The molecule has 3 aromatic carbocycles. The largest absolute Gasteiger partial charge is 0.376 e. The molecule has 0 heterocycles. The first-order chi connectivity index (χ1) is 16.5. The molecular weight excluding hydrogens is 428 g/mol. The predicted octanol–water partition coefficient (Wildman–Crippen LogP) is 4.45. The van der Waals surface area contributed by atoms with Gasteiger partial charge < -0.3 is 21.3 Å². The van der Waals surface area contributed by atoms with E-state index in [1.807, 2.05) is 49.4 Å². The number of rotatable bonds is 11. The zero-order valence-electron chi connectivity index (χ0n) is 19.3. The molecule has 0 saturated heterocycles. The predicted molar refractivity (Wildman–Crippen MR) is 136 cm³/mol. The lowest BCUT2D eigenvalue weighted by Gasteiger charge is -2.11. The minimum atomic E-state index is -0.247. The van der Waals surface area contributed by atoms with Crippen LogP contribution in [0.5, 0.6) is 0 Å². The molecule has 0 spiro atoms. The number of carbonyl (C=O) groups excluding carboxylic acids is 3. The molecule has 0 radical (unpaired) electrons. The van der Waals surface area contributed by atoms with Gasteiger partial charge in [0.2, 0.25) is 11.8 Å². The van der Waals surface area contributed by atoms with Crippen LogP contribution in [-0.4, -0.2) is 30.8 Å². The van der Waals surface area contributed by atoms with Gasteiger partial charge in [-0.15, -0.1) is 0 Å². The van der Waals surface area contributed by atoms with Gasteiger partial charge in [-0.1, -0.05) is 49.4 Å². The van der Waals surface area contributed by atoms with Crippen LogP contribution in [0.4, 0.5) is 17.1 Å². The number of hydrogen-bond donors (Lipinski definition) is 4. The van der Waals surface area contributed by atoms with E-state index in [2.05, 4.69) is 21.3 Å². The van der Waals surface area contributed by atoms with E-state index in [0.717, 1.165) is 12.0 Å². The highest BCUT2D eigenvalue weighted by Gasteiger charge is 2.08. The number of nitrogens with one attached hydrogen (secondary N) is 4. The second-order valence-corrected chi connectivity index (χ2v) is 7.85. The molecule has 7 nitrogen and oxygen atoms in total. The summed E-state index contributed by atoms with van der Waals surface area (Å²) in [4.78, 5) is 36.8. The third kappa shape index (κ3) is 8.09. The molecule has 0 fully saturated rings. The maximum Gasteiger partial charge on any atom is 0.251 e. The van der Waals surface area contributed by atoms with Crippen molar-refractivity contribution in [2.75, 3.05) is 29.0 Å². The van der Waals surface area contributed by atoms with Gasteiger partial charge in [-0.05, 0) is 54.8 Å². The van der Waals surface area contributed by atoms with Gasteiger partial charge in [-0.2, -0.15) is 0 Å². The Kier molecular flexibility index (Phi) is 9.22. The Balaban J connectivity index is 1.47. The topological polar surface area (TPSA) is 99.3 Å². The molecule has 0 aromatic heterocycles. The normalized spacial score (nSPS) is 10.3. The van der Waals surface area contributed by atoms with Gasteiger partial charge in [0.15, 0.2) is 0 Å². The fraction of sp³-hybridized carbons (Fsp3) is 0.222. The van der Waals surface area contributed by atoms with Crippen molar-refractivity contribution in [3.8, 4) is 0 Å². The number of anilines is 3. The minimum Gasteiger partial charge on any atom is -0.376 e. The first kappa shape index (κ1) is 24.5. The van der Waals surface area contributed by atoms with Gasteiger partial charge in [0, 0.05) is 35.6 Å². The molecule has 3 amide bonds. The van der Waals surface area contributed by atoms with Crippen molar-refractivity contribution < 1.29 is 14.4 Å².